The van der Waals surface area contributed by atoms with E-state index in [0.717, 1.165) is 58.7 Å². The summed E-state index contributed by atoms with van der Waals surface area (Å²) in [4.78, 5) is 32.4. The normalized spacial score (nSPS) is 17.1. The van der Waals surface area contributed by atoms with Gasteiger partial charge in [-0.25, -0.2) is 15.0 Å². The number of amides is 1. The minimum atomic E-state index is 0.0346. The lowest BCUT2D eigenvalue weighted by Gasteiger charge is -2.35. The van der Waals surface area contributed by atoms with Crippen LogP contribution in [0.2, 0.25) is 0 Å². The highest BCUT2D eigenvalue weighted by molar-refractivity contribution is 7.16. The van der Waals surface area contributed by atoms with Crippen molar-refractivity contribution in [3.05, 3.63) is 40.8 Å². The molecule has 0 spiro atoms. The Balaban J connectivity index is 1.29. The van der Waals surface area contributed by atoms with Crippen LogP contribution in [0.1, 0.15) is 60.3 Å². The maximum atomic E-state index is 13.7. The van der Waals surface area contributed by atoms with E-state index in [-0.39, 0.29) is 11.8 Å². The first-order valence-corrected chi connectivity index (χ1v) is 12.0. The molecule has 0 unspecified atom stereocenters. The quantitative estimate of drug-likeness (QED) is 0.462. The third-order valence-corrected chi connectivity index (χ3v) is 7.19. The first-order valence-electron chi connectivity index (χ1n) is 11.1. The highest BCUT2D eigenvalue weighted by Crippen LogP contribution is 2.41. The lowest BCUT2D eigenvalue weighted by molar-refractivity contribution is 0.0748. The van der Waals surface area contributed by atoms with Crippen LogP contribution in [0.4, 0.5) is 5.82 Å². The van der Waals surface area contributed by atoms with E-state index < -0.39 is 0 Å². The zero-order valence-corrected chi connectivity index (χ0v) is 18.9. The molecule has 1 aliphatic carbocycles. The van der Waals surface area contributed by atoms with Gasteiger partial charge in [0.1, 0.15) is 17.0 Å². The maximum Gasteiger partial charge on any atom is 0.259 e. The summed E-state index contributed by atoms with van der Waals surface area (Å²) in [6.45, 7) is 6.87. The molecule has 1 saturated heterocycles. The van der Waals surface area contributed by atoms with Gasteiger partial charge < -0.3 is 14.3 Å². The molecule has 1 aliphatic heterocycles. The van der Waals surface area contributed by atoms with Gasteiger partial charge in [-0.2, -0.15) is 0 Å². The van der Waals surface area contributed by atoms with Crippen LogP contribution >= 0.6 is 11.3 Å². The topological polar surface area (TPSA) is 88.3 Å². The minimum absolute atomic E-state index is 0.0346. The molecular weight excluding hydrogens is 424 g/mol. The van der Waals surface area contributed by atoms with Crippen molar-refractivity contribution in [2.75, 3.05) is 31.1 Å². The number of pyridine rings is 1. The smallest absolute Gasteiger partial charge is 0.259 e. The number of fused-ring (bicyclic) bond motifs is 2. The molecule has 2 aliphatic rings. The Bertz CT molecular complexity index is 1320. The molecule has 1 saturated carbocycles. The lowest BCUT2D eigenvalue weighted by Crippen LogP contribution is -2.49. The molecule has 32 heavy (non-hydrogen) atoms. The van der Waals surface area contributed by atoms with Crippen molar-refractivity contribution in [1.29, 1.82) is 0 Å². The largest absolute Gasteiger partial charge is 0.352 e. The summed E-state index contributed by atoms with van der Waals surface area (Å²) in [5, 5.41) is 8.14. The van der Waals surface area contributed by atoms with Crippen LogP contribution in [0, 0.1) is 0 Å². The van der Waals surface area contributed by atoms with Gasteiger partial charge in [0.25, 0.3) is 11.6 Å². The number of nitrogens with zero attached hydrogens (tertiary/aromatic N) is 6. The molecular formula is C23H24N6O2S. The highest BCUT2D eigenvalue weighted by Gasteiger charge is 2.32. The van der Waals surface area contributed by atoms with Gasteiger partial charge in [0.05, 0.1) is 22.0 Å². The Morgan fingerprint density at radius 2 is 2.00 bits per heavy atom. The molecule has 5 heterocycles. The Hall–Kier alpha value is -3.07. The second-order valence-corrected chi connectivity index (χ2v) is 9.78. The van der Waals surface area contributed by atoms with Crippen molar-refractivity contribution in [3.63, 3.8) is 0 Å². The Morgan fingerprint density at radius 3 is 2.75 bits per heavy atom. The van der Waals surface area contributed by atoms with Crippen LogP contribution in [0.15, 0.2) is 28.4 Å². The number of carbonyl (C=O) groups is 1. The number of hydrogen-bond acceptors (Lipinski definition) is 8. The summed E-state index contributed by atoms with van der Waals surface area (Å²) in [7, 11) is 0. The number of hydrogen-bond donors (Lipinski definition) is 0. The molecule has 6 rings (SSSR count). The molecule has 0 atom stereocenters. The predicted molar refractivity (Wildman–Crippen MR) is 123 cm³/mol. The number of carbonyl (C=O) groups excluding carboxylic acids is 1. The molecule has 0 radical (unpaired) electrons. The van der Waals surface area contributed by atoms with Crippen molar-refractivity contribution >= 4 is 44.4 Å². The molecule has 2 fully saturated rings. The summed E-state index contributed by atoms with van der Waals surface area (Å²) >= 11 is 1.62. The lowest BCUT2D eigenvalue weighted by atomic mass is 10.0. The fourth-order valence-corrected chi connectivity index (χ4v) is 5.19. The van der Waals surface area contributed by atoms with Crippen molar-refractivity contribution in [2.45, 2.75) is 38.5 Å². The van der Waals surface area contributed by atoms with Crippen LogP contribution < -0.4 is 4.90 Å². The zero-order chi connectivity index (χ0) is 21.8. The van der Waals surface area contributed by atoms with E-state index in [0.29, 0.717) is 30.3 Å². The molecule has 1 amide bonds. The van der Waals surface area contributed by atoms with Crippen LogP contribution in [0.5, 0.6) is 0 Å². The maximum absolute atomic E-state index is 13.7. The first-order chi connectivity index (χ1) is 15.6. The average Bonchev–Trinajstić information content (AvgIpc) is 3.38. The molecule has 8 nitrogen and oxygen atoms in total. The second kappa shape index (κ2) is 7.51. The van der Waals surface area contributed by atoms with Gasteiger partial charge in [0.2, 0.25) is 0 Å². The monoisotopic (exact) mass is 448 g/mol. The van der Waals surface area contributed by atoms with Gasteiger partial charge in [0.15, 0.2) is 0 Å². The van der Waals surface area contributed by atoms with Gasteiger partial charge in [0, 0.05) is 37.8 Å². The van der Waals surface area contributed by atoms with E-state index in [1.54, 1.807) is 17.7 Å². The van der Waals surface area contributed by atoms with E-state index >= 15 is 0 Å². The van der Waals surface area contributed by atoms with Gasteiger partial charge in [-0.15, -0.1) is 11.3 Å². The van der Waals surface area contributed by atoms with Crippen molar-refractivity contribution < 1.29 is 9.32 Å². The Labute approximate surface area is 189 Å². The molecule has 164 valence electrons. The van der Waals surface area contributed by atoms with Gasteiger partial charge in [-0.1, -0.05) is 19.0 Å². The minimum Gasteiger partial charge on any atom is -0.352 e. The van der Waals surface area contributed by atoms with Gasteiger partial charge in [-0.05, 0) is 36.3 Å². The van der Waals surface area contributed by atoms with Crippen LogP contribution in [-0.2, 0) is 0 Å². The fourth-order valence-electron chi connectivity index (χ4n) is 4.46. The molecule has 4 aromatic rings. The number of thiophene rings is 1. The zero-order valence-electron chi connectivity index (χ0n) is 18.1. The second-order valence-electron chi connectivity index (χ2n) is 8.89. The number of piperazine rings is 1. The number of rotatable bonds is 4. The van der Waals surface area contributed by atoms with Gasteiger partial charge >= 0.3 is 0 Å². The first kappa shape index (κ1) is 19.6. The molecule has 0 bridgehead atoms. The van der Waals surface area contributed by atoms with E-state index in [2.05, 4.69) is 44.9 Å². The van der Waals surface area contributed by atoms with E-state index in [4.69, 9.17) is 4.52 Å². The van der Waals surface area contributed by atoms with E-state index in [1.165, 1.54) is 0 Å². The summed E-state index contributed by atoms with van der Waals surface area (Å²) in [5.41, 5.74) is 2.92. The van der Waals surface area contributed by atoms with E-state index in [1.807, 2.05) is 16.3 Å². The van der Waals surface area contributed by atoms with Crippen LogP contribution in [0.3, 0.4) is 0 Å². The number of anilines is 1. The summed E-state index contributed by atoms with van der Waals surface area (Å²) in [5.74, 6) is 1.57. The van der Waals surface area contributed by atoms with Gasteiger partial charge in [-0.3, -0.25) is 4.79 Å². The van der Waals surface area contributed by atoms with E-state index in [9.17, 15) is 4.79 Å². The van der Waals surface area contributed by atoms with Crippen LogP contribution in [-0.4, -0.2) is 57.1 Å². The Kier molecular flexibility index (Phi) is 4.60. The van der Waals surface area contributed by atoms with Crippen LogP contribution in [0.25, 0.3) is 21.3 Å². The standard InChI is InChI=1S/C23H24N6O2S/c1-13(2)19-18-16(11-17(14-3-4-14)26-21(18)31-27-19)23(30)29-8-6-28(7-9-29)20-15-5-10-32-22(15)25-12-24-20/h5,10-14H,3-4,6-9H2,1-2H3. The molecule has 4 aromatic heterocycles. The predicted octanol–water partition coefficient (Wildman–Crippen LogP) is 4.19. The Morgan fingerprint density at radius 1 is 1.19 bits per heavy atom. The van der Waals surface area contributed by atoms with Crippen molar-refractivity contribution in [2.24, 2.45) is 0 Å². The molecule has 0 N–H and O–H groups in total. The molecule has 9 heteroatoms. The fraction of sp³-hybridized carbons (Fsp3) is 0.435. The third kappa shape index (κ3) is 3.23. The van der Waals surface area contributed by atoms with Crippen molar-refractivity contribution in [3.8, 4) is 0 Å². The summed E-state index contributed by atoms with van der Waals surface area (Å²) < 4.78 is 5.56. The summed E-state index contributed by atoms with van der Waals surface area (Å²) in [6.07, 6.45) is 3.86. The number of aromatic nitrogens is 4. The molecule has 0 aromatic carbocycles. The van der Waals surface area contributed by atoms with Crippen molar-refractivity contribution in [1.82, 2.24) is 25.0 Å². The third-order valence-electron chi connectivity index (χ3n) is 6.37. The average molecular weight is 449 g/mol. The highest BCUT2D eigenvalue weighted by atomic mass is 32.1. The summed E-state index contributed by atoms with van der Waals surface area (Å²) in [6, 6.07) is 4.05. The SMILES string of the molecule is CC(C)c1noc2nc(C3CC3)cc(C(=O)N3CCN(c4ncnc5sccc45)CC3)c12.